The first-order valence-corrected chi connectivity index (χ1v) is 7.89. The summed E-state index contributed by atoms with van der Waals surface area (Å²) in [5, 5.41) is 12.5. The Morgan fingerprint density at radius 2 is 2.05 bits per heavy atom. The SMILES string of the molecule is CCOc1ccc(CC(C)NC(C(=O)O)C(C)CC)cc1N. The van der Waals surface area contributed by atoms with E-state index in [0.717, 1.165) is 18.4 Å². The van der Waals surface area contributed by atoms with Crippen molar-refractivity contribution in [2.45, 2.75) is 52.6 Å². The third-order valence-corrected chi connectivity index (χ3v) is 3.86. The summed E-state index contributed by atoms with van der Waals surface area (Å²) >= 11 is 0. The molecule has 0 aromatic heterocycles. The Labute approximate surface area is 132 Å². The van der Waals surface area contributed by atoms with Crippen molar-refractivity contribution in [2.24, 2.45) is 5.92 Å². The Kier molecular flexibility index (Phi) is 7.18. The molecule has 0 radical (unpaired) electrons. The van der Waals surface area contributed by atoms with Gasteiger partial charge < -0.3 is 20.9 Å². The summed E-state index contributed by atoms with van der Waals surface area (Å²) in [5.74, 6) is -0.0207. The number of benzene rings is 1. The minimum Gasteiger partial charge on any atom is -0.492 e. The van der Waals surface area contributed by atoms with Gasteiger partial charge in [0, 0.05) is 6.04 Å². The van der Waals surface area contributed by atoms with Gasteiger partial charge in [-0.1, -0.05) is 26.3 Å². The van der Waals surface area contributed by atoms with Crippen molar-refractivity contribution in [3.05, 3.63) is 23.8 Å². The van der Waals surface area contributed by atoms with Gasteiger partial charge in [-0.15, -0.1) is 0 Å². The maximum absolute atomic E-state index is 11.4. The third kappa shape index (κ3) is 5.22. The van der Waals surface area contributed by atoms with Gasteiger partial charge in [0.2, 0.25) is 0 Å². The molecule has 1 rings (SSSR count). The summed E-state index contributed by atoms with van der Waals surface area (Å²) in [6, 6.07) is 5.25. The average Bonchev–Trinajstić information content (AvgIpc) is 2.46. The van der Waals surface area contributed by atoms with Crippen molar-refractivity contribution in [3.8, 4) is 5.75 Å². The molecule has 0 aliphatic heterocycles. The summed E-state index contributed by atoms with van der Waals surface area (Å²) in [4.78, 5) is 11.4. The Morgan fingerprint density at radius 1 is 1.36 bits per heavy atom. The van der Waals surface area contributed by atoms with Crippen LogP contribution in [0.4, 0.5) is 5.69 Å². The maximum atomic E-state index is 11.4. The Hall–Kier alpha value is -1.75. The van der Waals surface area contributed by atoms with E-state index in [1.807, 2.05) is 45.9 Å². The van der Waals surface area contributed by atoms with E-state index in [0.29, 0.717) is 18.0 Å². The lowest BCUT2D eigenvalue weighted by molar-refractivity contribution is -0.141. The molecule has 0 bridgehead atoms. The largest absolute Gasteiger partial charge is 0.492 e. The van der Waals surface area contributed by atoms with E-state index in [4.69, 9.17) is 10.5 Å². The van der Waals surface area contributed by atoms with Crippen molar-refractivity contribution in [3.63, 3.8) is 0 Å². The monoisotopic (exact) mass is 308 g/mol. The van der Waals surface area contributed by atoms with E-state index in [2.05, 4.69) is 5.32 Å². The van der Waals surface area contributed by atoms with E-state index in [9.17, 15) is 9.90 Å². The number of nitrogens with two attached hydrogens (primary N) is 1. The smallest absolute Gasteiger partial charge is 0.320 e. The molecule has 0 fully saturated rings. The number of carboxylic acids is 1. The molecule has 5 nitrogen and oxygen atoms in total. The van der Waals surface area contributed by atoms with Gasteiger partial charge in [-0.2, -0.15) is 0 Å². The molecule has 3 unspecified atom stereocenters. The predicted octanol–water partition coefficient (Wildman–Crippen LogP) is 2.69. The van der Waals surface area contributed by atoms with Gasteiger partial charge in [0.15, 0.2) is 0 Å². The second kappa shape index (κ2) is 8.63. The lowest BCUT2D eigenvalue weighted by atomic mass is 9.97. The van der Waals surface area contributed by atoms with Crippen molar-refractivity contribution >= 4 is 11.7 Å². The molecule has 0 aliphatic rings. The lowest BCUT2D eigenvalue weighted by Crippen LogP contribution is -2.46. The van der Waals surface area contributed by atoms with Crippen LogP contribution in [0.15, 0.2) is 18.2 Å². The van der Waals surface area contributed by atoms with Crippen LogP contribution in [-0.2, 0) is 11.2 Å². The summed E-state index contributed by atoms with van der Waals surface area (Å²) in [6.07, 6.45) is 1.55. The van der Waals surface area contributed by atoms with E-state index in [1.54, 1.807) is 0 Å². The molecule has 4 N–H and O–H groups in total. The Bertz CT molecular complexity index is 491. The van der Waals surface area contributed by atoms with Crippen LogP contribution in [0.1, 0.15) is 39.7 Å². The van der Waals surface area contributed by atoms with E-state index in [1.165, 1.54) is 0 Å². The van der Waals surface area contributed by atoms with Crippen LogP contribution in [0.25, 0.3) is 0 Å². The molecule has 0 spiro atoms. The summed E-state index contributed by atoms with van der Waals surface area (Å²) in [7, 11) is 0. The number of rotatable bonds is 9. The zero-order valence-corrected chi connectivity index (χ0v) is 13.9. The molecule has 0 heterocycles. The topological polar surface area (TPSA) is 84.6 Å². The molecule has 0 amide bonds. The van der Waals surface area contributed by atoms with Crippen molar-refractivity contribution in [1.29, 1.82) is 0 Å². The fourth-order valence-corrected chi connectivity index (χ4v) is 2.45. The van der Waals surface area contributed by atoms with Crippen LogP contribution >= 0.6 is 0 Å². The number of carbonyl (C=O) groups is 1. The number of carboxylic acid groups (broad SMARTS) is 1. The molecule has 1 aromatic rings. The molecule has 22 heavy (non-hydrogen) atoms. The minimum absolute atomic E-state index is 0.0486. The van der Waals surface area contributed by atoms with Crippen molar-refractivity contribution < 1.29 is 14.6 Å². The summed E-state index contributed by atoms with van der Waals surface area (Å²) in [6.45, 7) is 8.44. The molecule has 5 heteroatoms. The fourth-order valence-electron chi connectivity index (χ4n) is 2.45. The van der Waals surface area contributed by atoms with Crippen LogP contribution in [0.3, 0.4) is 0 Å². The number of aliphatic carboxylic acids is 1. The van der Waals surface area contributed by atoms with Crippen LogP contribution in [0, 0.1) is 5.92 Å². The third-order valence-electron chi connectivity index (χ3n) is 3.86. The molecule has 0 saturated carbocycles. The molecule has 124 valence electrons. The molecule has 0 saturated heterocycles. The Morgan fingerprint density at radius 3 is 2.55 bits per heavy atom. The zero-order valence-electron chi connectivity index (χ0n) is 13.9. The van der Waals surface area contributed by atoms with Crippen LogP contribution in [-0.4, -0.2) is 29.8 Å². The van der Waals surface area contributed by atoms with E-state index >= 15 is 0 Å². The standard InChI is InChI=1S/C17H28N2O3/c1-5-11(3)16(17(20)21)19-12(4)9-13-7-8-15(22-6-2)14(18)10-13/h7-8,10-12,16,19H,5-6,9,18H2,1-4H3,(H,20,21). The molecule has 1 aromatic carbocycles. The number of anilines is 1. The van der Waals surface area contributed by atoms with Crippen LogP contribution in [0.5, 0.6) is 5.75 Å². The van der Waals surface area contributed by atoms with Gasteiger partial charge in [-0.3, -0.25) is 4.79 Å². The highest BCUT2D eigenvalue weighted by atomic mass is 16.5. The predicted molar refractivity (Wildman–Crippen MR) is 89.2 cm³/mol. The number of nitrogens with one attached hydrogen (secondary N) is 1. The van der Waals surface area contributed by atoms with E-state index in [-0.39, 0.29) is 12.0 Å². The fraction of sp³-hybridized carbons (Fsp3) is 0.588. The first-order chi connectivity index (χ1) is 10.4. The molecular formula is C17H28N2O3. The first-order valence-electron chi connectivity index (χ1n) is 7.89. The number of nitrogen functional groups attached to an aromatic ring is 1. The average molecular weight is 308 g/mol. The highest BCUT2D eigenvalue weighted by molar-refractivity contribution is 5.73. The van der Waals surface area contributed by atoms with Crippen LogP contribution in [0.2, 0.25) is 0 Å². The second-order valence-corrected chi connectivity index (χ2v) is 5.78. The van der Waals surface area contributed by atoms with E-state index < -0.39 is 12.0 Å². The summed E-state index contributed by atoms with van der Waals surface area (Å²) < 4.78 is 5.42. The normalized spacial score (nSPS) is 15.1. The van der Waals surface area contributed by atoms with Gasteiger partial charge >= 0.3 is 5.97 Å². The molecular weight excluding hydrogens is 280 g/mol. The van der Waals surface area contributed by atoms with Gasteiger partial charge in [0.1, 0.15) is 11.8 Å². The Balaban J connectivity index is 2.69. The van der Waals surface area contributed by atoms with Crippen molar-refractivity contribution in [2.75, 3.05) is 12.3 Å². The highest BCUT2D eigenvalue weighted by Crippen LogP contribution is 2.23. The number of ether oxygens (including phenoxy) is 1. The second-order valence-electron chi connectivity index (χ2n) is 5.78. The highest BCUT2D eigenvalue weighted by Gasteiger charge is 2.24. The lowest BCUT2D eigenvalue weighted by Gasteiger charge is -2.24. The molecule has 3 atom stereocenters. The van der Waals surface area contributed by atoms with Gasteiger partial charge in [-0.05, 0) is 43.9 Å². The maximum Gasteiger partial charge on any atom is 0.320 e. The first kappa shape index (κ1) is 18.3. The van der Waals surface area contributed by atoms with Gasteiger partial charge in [0.05, 0.1) is 12.3 Å². The quantitative estimate of drug-likeness (QED) is 0.611. The summed E-state index contributed by atoms with van der Waals surface area (Å²) in [5.41, 5.74) is 7.64. The number of hydrogen-bond acceptors (Lipinski definition) is 4. The minimum atomic E-state index is -0.799. The van der Waals surface area contributed by atoms with Crippen molar-refractivity contribution in [1.82, 2.24) is 5.32 Å². The zero-order chi connectivity index (χ0) is 16.7. The molecule has 0 aliphatic carbocycles. The van der Waals surface area contributed by atoms with Gasteiger partial charge in [-0.25, -0.2) is 0 Å². The number of hydrogen-bond donors (Lipinski definition) is 3. The van der Waals surface area contributed by atoms with Crippen LogP contribution < -0.4 is 15.8 Å². The van der Waals surface area contributed by atoms with Gasteiger partial charge in [0.25, 0.3) is 0 Å².